The van der Waals surface area contributed by atoms with Crippen molar-refractivity contribution in [2.24, 2.45) is 10.8 Å². The second-order valence-corrected chi connectivity index (χ2v) is 3.59. The van der Waals surface area contributed by atoms with Gasteiger partial charge in [0.25, 0.3) is 5.91 Å². The zero-order valence-electron chi connectivity index (χ0n) is 8.60. The predicted molar refractivity (Wildman–Crippen MR) is 59.5 cm³/mol. The Kier molecular flexibility index (Phi) is 2.51. The van der Waals surface area contributed by atoms with Gasteiger partial charge in [-0.1, -0.05) is 12.1 Å². The van der Waals surface area contributed by atoms with Gasteiger partial charge in [-0.05, 0) is 24.6 Å². The van der Waals surface area contributed by atoms with Gasteiger partial charge in [0, 0.05) is 12.3 Å². The van der Waals surface area contributed by atoms with Gasteiger partial charge in [-0.25, -0.2) is 5.01 Å². The molecule has 0 fully saturated rings. The standard InChI is InChI=1S/C11H13N3O/c1-8-5-11(15)14(13-8)10-4-2-3-9(6-10)7-12/h2-4,6H,5,7,12H2,1H3. The van der Waals surface area contributed by atoms with Crippen LogP contribution < -0.4 is 10.7 Å². The molecule has 1 heterocycles. The molecule has 4 heteroatoms. The highest BCUT2D eigenvalue weighted by atomic mass is 16.2. The molecule has 0 saturated heterocycles. The number of hydrogen-bond donors (Lipinski definition) is 1. The molecule has 0 radical (unpaired) electrons. The second-order valence-electron chi connectivity index (χ2n) is 3.59. The van der Waals surface area contributed by atoms with Gasteiger partial charge in [0.2, 0.25) is 0 Å². The van der Waals surface area contributed by atoms with E-state index in [9.17, 15) is 4.79 Å². The average molecular weight is 203 g/mol. The van der Waals surface area contributed by atoms with Crippen LogP contribution in [0.4, 0.5) is 5.69 Å². The molecule has 0 aliphatic carbocycles. The summed E-state index contributed by atoms with van der Waals surface area (Å²) in [5, 5.41) is 5.61. The van der Waals surface area contributed by atoms with Crippen molar-refractivity contribution >= 4 is 17.3 Å². The number of benzene rings is 1. The lowest BCUT2D eigenvalue weighted by molar-refractivity contribution is -0.116. The van der Waals surface area contributed by atoms with Crippen molar-refractivity contribution in [3.8, 4) is 0 Å². The Morgan fingerprint density at radius 1 is 1.53 bits per heavy atom. The summed E-state index contributed by atoms with van der Waals surface area (Å²) >= 11 is 0. The first-order valence-electron chi connectivity index (χ1n) is 4.87. The first-order valence-corrected chi connectivity index (χ1v) is 4.87. The number of hydrazone groups is 1. The van der Waals surface area contributed by atoms with E-state index in [0.717, 1.165) is 17.0 Å². The summed E-state index contributed by atoms with van der Waals surface area (Å²) in [6, 6.07) is 7.56. The third-order valence-electron chi connectivity index (χ3n) is 2.30. The monoisotopic (exact) mass is 203 g/mol. The first kappa shape index (κ1) is 9.86. The van der Waals surface area contributed by atoms with E-state index in [1.54, 1.807) is 0 Å². The molecule has 2 rings (SSSR count). The van der Waals surface area contributed by atoms with Crippen molar-refractivity contribution < 1.29 is 4.79 Å². The number of rotatable bonds is 2. The average Bonchev–Trinajstić information content (AvgIpc) is 2.58. The minimum absolute atomic E-state index is 0.0154. The minimum Gasteiger partial charge on any atom is -0.326 e. The van der Waals surface area contributed by atoms with Crippen molar-refractivity contribution in [1.82, 2.24) is 0 Å². The molecule has 15 heavy (non-hydrogen) atoms. The zero-order valence-corrected chi connectivity index (χ0v) is 8.60. The summed E-state index contributed by atoms with van der Waals surface area (Å²) in [6.07, 6.45) is 0.410. The van der Waals surface area contributed by atoms with E-state index in [2.05, 4.69) is 5.10 Å². The quantitative estimate of drug-likeness (QED) is 0.786. The van der Waals surface area contributed by atoms with Crippen molar-refractivity contribution in [1.29, 1.82) is 0 Å². The molecule has 0 spiro atoms. The molecule has 4 nitrogen and oxygen atoms in total. The van der Waals surface area contributed by atoms with Gasteiger partial charge in [-0.15, -0.1) is 0 Å². The molecule has 0 saturated carbocycles. The Balaban J connectivity index is 2.33. The number of carbonyl (C=O) groups excluding carboxylic acids is 1. The Labute approximate surface area is 88.4 Å². The van der Waals surface area contributed by atoms with Crippen molar-refractivity contribution in [3.63, 3.8) is 0 Å². The molecule has 0 unspecified atom stereocenters. The maximum Gasteiger partial charge on any atom is 0.253 e. The van der Waals surface area contributed by atoms with Crippen LogP contribution in [-0.4, -0.2) is 11.6 Å². The molecule has 1 aromatic carbocycles. The van der Waals surface area contributed by atoms with Gasteiger partial charge in [-0.3, -0.25) is 4.79 Å². The van der Waals surface area contributed by atoms with Crippen molar-refractivity contribution in [3.05, 3.63) is 29.8 Å². The van der Waals surface area contributed by atoms with Gasteiger partial charge in [0.15, 0.2) is 0 Å². The van der Waals surface area contributed by atoms with Crippen LogP contribution in [0.15, 0.2) is 29.4 Å². The molecule has 1 aliphatic heterocycles. The SMILES string of the molecule is CC1=NN(c2cccc(CN)c2)C(=O)C1. The summed E-state index contributed by atoms with van der Waals surface area (Å²) in [6.45, 7) is 2.32. The highest BCUT2D eigenvalue weighted by molar-refractivity contribution is 6.12. The maximum atomic E-state index is 11.6. The number of hydrogen-bond acceptors (Lipinski definition) is 3. The smallest absolute Gasteiger partial charge is 0.253 e. The Bertz CT molecular complexity index is 426. The summed E-state index contributed by atoms with van der Waals surface area (Å²) in [5.74, 6) is 0.0154. The van der Waals surface area contributed by atoms with Crippen molar-refractivity contribution in [2.45, 2.75) is 19.9 Å². The first-order chi connectivity index (χ1) is 7.20. The molecular weight excluding hydrogens is 190 g/mol. The summed E-state index contributed by atoms with van der Waals surface area (Å²) in [4.78, 5) is 11.6. The number of nitrogens with two attached hydrogens (primary N) is 1. The molecule has 1 aromatic rings. The van der Waals surface area contributed by atoms with Crippen LogP contribution in [0, 0.1) is 0 Å². The van der Waals surface area contributed by atoms with Gasteiger partial charge < -0.3 is 5.73 Å². The molecule has 0 atom stereocenters. The van der Waals surface area contributed by atoms with E-state index in [1.807, 2.05) is 31.2 Å². The molecule has 0 aromatic heterocycles. The molecule has 0 bridgehead atoms. The normalized spacial score (nSPS) is 15.7. The van der Waals surface area contributed by atoms with Gasteiger partial charge >= 0.3 is 0 Å². The number of carbonyl (C=O) groups is 1. The largest absolute Gasteiger partial charge is 0.326 e. The third kappa shape index (κ3) is 1.89. The molecule has 2 N–H and O–H groups in total. The fourth-order valence-corrected chi connectivity index (χ4v) is 1.57. The van der Waals surface area contributed by atoms with Crippen LogP contribution in [0.1, 0.15) is 18.9 Å². The molecule has 1 amide bonds. The van der Waals surface area contributed by atoms with Gasteiger partial charge in [0.05, 0.1) is 12.1 Å². The van der Waals surface area contributed by atoms with E-state index in [0.29, 0.717) is 13.0 Å². The lowest BCUT2D eigenvalue weighted by Crippen LogP contribution is -2.19. The molecule has 1 aliphatic rings. The van der Waals surface area contributed by atoms with E-state index in [4.69, 9.17) is 5.73 Å². The topological polar surface area (TPSA) is 58.7 Å². The van der Waals surface area contributed by atoms with E-state index >= 15 is 0 Å². The highest BCUT2D eigenvalue weighted by Gasteiger charge is 2.22. The fraction of sp³-hybridized carbons (Fsp3) is 0.273. The Morgan fingerprint density at radius 3 is 2.93 bits per heavy atom. The minimum atomic E-state index is 0.0154. The van der Waals surface area contributed by atoms with Crippen LogP contribution >= 0.6 is 0 Å². The predicted octanol–water partition coefficient (Wildman–Crippen LogP) is 1.26. The lowest BCUT2D eigenvalue weighted by Gasteiger charge is -2.12. The van der Waals surface area contributed by atoms with E-state index in [1.165, 1.54) is 5.01 Å². The zero-order chi connectivity index (χ0) is 10.8. The van der Waals surface area contributed by atoms with Crippen LogP contribution in [0.5, 0.6) is 0 Å². The highest BCUT2D eigenvalue weighted by Crippen LogP contribution is 2.21. The van der Waals surface area contributed by atoms with Gasteiger partial charge in [0.1, 0.15) is 0 Å². The number of anilines is 1. The number of nitrogens with zero attached hydrogens (tertiary/aromatic N) is 2. The summed E-state index contributed by atoms with van der Waals surface area (Å²) in [5.41, 5.74) is 8.18. The molecule has 78 valence electrons. The number of amides is 1. The molecular formula is C11H13N3O. The maximum absolute atomic E-state index is 11.6. The van der Waals surface area contributed by atoms with E-state index in [-0.39, 0.29) is 5.91 Å². The van der Waals surface area contributed by atoms with Crippen LogP contribution in [-0.2, 0) is 11.3 Å². The lowest BCUT2D eigenvalue weighted by atomic mass is 10.2. The second kappa shape index (κ2) is 3.82. The van der Waals surface area contributed by atoms with Crippen LogP contribution in [0.2, 0.25) is 0 Å². The van der Waals surface area contributed by atoms with E-state index < -0.39 is 0 Å². The van der Waals surface area contributed by atoms with Crippen molar-refractivity contribution in [2.75, 3.05) is 5.01 Å². The fourth-order valence-electron chi connectivity index (χ4n) is 1.57. The Hall–Kier alpha value is -1.68. The summed E-state index contributed by atoms with van der Waals surface area (Å²) in [7, 11) is 0. The Morgan fingerprint density at radius 2 is 2.33 bits per heavy atom. The third-order valence-corrected chi connectivity index (χ3v) is 2.30. The van der Waals surface area contributed by atoms with Crippen LogP contribution in [0.25, 0.3) is 0 Å². The van der Waals surface area contributed by atoms with Crippen LogP contribution in [0.3, 0.4) is 0 Å². The van der Waals surface area contributed by atoms with Gasteiger partial charge in [-0.2, -0.15) is 5.10 Å². The summed E-state index contributed by atoms with van der Waals surface area (Å²) < 4.78 is 0.